The van der Waals surface area contributed by atoms with Crippen LogP contribution in [0.4, 0.5) is 0 Å². The van der Waals surface area contributed by atoms with Crippen molar-refractivity contribution in [3.8, 4) is 0 Å². The van der Waals surface area contributed by atoms with Gasteiger partial charge in [0.25, 0.3) is 0 Å². The van der Waals surface area contributed by atoms with Gasteiger partial charge in [0.2, 0.25) is 5.91 Å². The fourth-order valence-corrected chi connectivity index (χ4v) is 3.39. The molecule has 2 fully saturated rings. The minimum atomic E-state index is 0.337. The van der Waals surface area contributed by atoms with Crippen LogP contribution >= 0.6 is 0 Å². The monoisotopic (exact) mass is 275 g/mol. The van der Waals surface area contributed by atoms with Gasteiger partial charge in [0.15, 0.2) is 0 Å². The van der Waals surface area contributed by atoms with Crippen molar-refractivity contribution in [3.63, 3.8) is 0 Å². The quantitative estimate of drug-likeness (QED) is 0.819. The normalized spacial score (nSPS) is 26.4. The standard InChI is InChI=1S/C17H25NO2/c1-13-4-6-14(7-5-13)18(15-8-9-15)17(19)11-10-16-3-2-12-20-16/h2-3,12-15H,4-11H2,1H3. The van der Waals surface area contributed by atoms with Crippen LogP contribution in [0, 0.1) is 5.92 Å². The van der Waals surface area contributed by atoms with Gasteiger partial charge in [0.05, 0.1) is 6.26 Å². The van der Waals surface area contributed by atoms with Crippen LogP contribution in [0.15, 0.2) is 22.8 Å². The highest BCUT2D eigenvalue weighted by Gasteiger charge is 2.37. The van der Waals surface area contributed by atoms with E-state index in [9.17, 15) is 4.79 Å². The lowest BCUT2D eigenvalue weighted by Gasteiger charge is -2.36. The van der Waals surface area contributed by atoms with Gasteiger partial charge in [-0.05, 0) is 56.6 Å². The number of hydrogen-bond donors (Lipinski definition) is 0. The van der Waals surface area contributed by atoms with E-state index in [1.165, 1.54) is 38.5 Å². The summed E-state index contributed by atoms with van der Waals surface area (Å²) < 4.78 is 5.33. The third kappa shape index (κ3) is 3.25. The molecule has 110 valence electrons. The molecule has 0 radical (unpaired) electrons. The molecule has 0 saturated heterocycles. The van der Waals surface area contributed by atoms with Gasteiger partial charge >= 0.3 is 0 Å². The summed E-state index contributed by atoms with van der Waals surface area (Å²) >= 11 is 0. The Balaban J connectivity index is 1.57. The first kappa shape index (κ1) is 13.7. The summed E-state index contributed by atoms with van der Waals surface area (Å²) in [6.07, 6.45) is 10.4. The van der Waals surface area contributed by atoms with E-state index in [1.807, 2.05) is 12.1 Å². The zero-order valence-electron chi connectivity index (χ0n) is 12.4. The second-order valence-corrected chi connectivity index (χ2v) is 6.53. The second kappa shape index (κ2) is 6.02. The number of carbonyl (C=O) groups is 1. The van der Waals surface area contributed by atoms with Gasteiger partial charge in [-0.25, -0.2) is 0 Å². The number of rotatable bonds is 5. The summed E-state index contributed by atoms with van der Waals surface area (Å²) in [5.41, 5.74) is 0. The topological polar surface area (TPSA) is 33.5 Å². The van der Waals surface area contributed by atoms with E-state index in [-0.39, 0.29) is 0 Å². The molecule has 20 heavy (non-hydrogen) atoms. The highest BCUT2D eigenvalue weighted by molar-refractivity contribution is 5.77. The largest absolute Gasteiger partial charge is 0.469 e. The second-order valence-electron chi connectivity index (χ2n) is 6.53. The predicted molar refractivity (Wildman–Crippen MR) is 78.3 cm³/mol. The van der Waals surface area contributed by atoms with Crippen LogP contribution in [0.5, 0.6) is 0 Å². The van der Waals surface area contributed by atoms with Crippen molar-refractivity contribution in [1.29, 1.82) is 0 Å². The Bertz CT molecular complexity index is 428. The molecule has 0 N–H and O–H groups in total. The van der Waals surface area contributed by atoms with Crippen molar-refractivity contribution in [2.45, 2.75) is 70.4 Å². The Morgan fingerprint density at radius 3 is 2.40 bits per heavy atom. The molecule has 0 bridgehead atoms. The van der Waals surface area contributed by atoms with Crippen LogP contribution in [0.1, 0.15) is 57.6 Å². The summed E-state index contributed by atoms with van der Waals surface area (Å²) in [5.74, 6) is 2.10. The summed E-state index contributed by atoms with van der Waals surface area (Å²) in [5, 5.41) is 0. The molecule has 1 aromatic heterocycles. The molecule has 0 aliphatic heterocycles. The highest BCUT2D eigenvalue weighted by Crippen LogP contribution is 2.35. The zero-order valence-corrected chi connectivity index (χ0v) is 12.4. The fraction of sp³-hybridized carbons (Fsp3) is 0.706. The van der Waals surface area contributed by atoms with Gasteiger partial charge in [-0.1, -0.05) is 6.92 Å². The Morgan fingerprint density at radius 1 is 1.20 bits per heavy atom. The van der Waals surface area contributed by atoms with Crippen molar-refractivity contribution >= 4 is 5.91 Å². The van der Waals surface area contributed by atoms with E-state index in [4.69, 9.17) is 4.42 Å². The Labute approximate surface area is 121 Å². The van der Waals surface area contributed by atoms with Crippen molar-refractivity contribution in [2.24, 2.45) is 5.92 Å². The highest BCUT2D eigenvalue weighted by atomic mass is 16.3. The molecule has 0 atom stereocenters. The van der Waals surface area contributed by atoms with Crippen LogP contribution in [-0.2, 0) is 11.2 Å². The Hall–Kier alpha value is -1.25. The molecule has 1 aromatic rings. The number of amides is 1. The molecule has 0 aromatic carbocycles. The van der Waals surface area contributed by atoms with Crippen LogP contribution in [0.3, 0.4) is 0 Å². The molecule has 0 spiro atoms. The van der Waals surface area contributed by atoms with Crippen LogP contribution in [0.2, 0.25) is 0 Å². The van der Waals surface area contributed by atoms with Crippen LogP contribution in [0.25, 0.3) is 0 Å². The third-order valence-corrected chi connectivity index (χ3v) is 4.77. The number of aryl methyl sites for hydroxylation is 1. The number of carbonyl (C=O) groups excluding carboxylic acids is 1. The first-order chi connectivity index (χ1) is 9.74. The third-order valence-electron chi connectivity index (χ3n) is 4.77. The van der Waals surface area contributed by atoms with Gasteiger partial charge in [-0.3, -0.25) is 4.79 Å². The fourth-order valence-electron chi connectivity index (χ4n) is 3.39. The van der Waals surface area contributed by atoms with E-state index in [0.717, 1.165) is 18.1 Å². The van der Waals surface area contributed by atoms with Crippen LogP contribution < -0.4 is 0 Å². The van der Waals surface area contributed by atoms with Crippen molar-refractivity contribution < 1.29 is 9.21 Å². The molecular formula is C17H25NO2. The first-order valence-electron chi connectivity index (χ1n) is 8.07. The van der Waals surface area contributed by atoms with Crippen LogP contribution in [-0.4, -0.2) is 22.9 Å². The maximum Gasteiger partial charge on any atom is 0.223 e. The van der Waals surface area contributed by atoms with Crippen molar-refractivity contribution in [3.05, 3.63) is 24.2 Å². The molecule has 0 unspecified atom stereocenters. The lowest BCUT2D eigenvalue weighted by molar-refractivity contribution is -0.135. The lowest BCUT2D eigenvalue weighted by Crippen LogP contribution is -2.43. The summed E-state index contributed by atoms with van der Waals surface area (Å²) in [6, 6.07) is 4.89. The molecule has 3 rings (SSSR count). The molecule has 1 heterocycles. The zero-order chi connectivity index (χ0) is 13.9. The van der Waals surface area contributed by atoms with Gasteiger partial charge in [-0.15, -0.1) is 0 Å². The maximum atomic E-state index is 12.6. The molecule has 3 nitrogen and oxygen atoms in total. The SMILES string of the molecule is CC1CCC(N(C(=O)CCc2ccco2)C2CC2)CC1. The van der Waals surface area contributed by atoms with E-state index < -0.39 is 0 Å². The predicted octanol–water partition coefficient (Wildman–Crippen LogP) is 3.78. The molecule has 1 amide bonds. The summed E-state index contributed by atoms with van der Waals surface area (Å²) in [4.78, 5) is 14.8. The van der Waals surface area contributed by atoms with Gasteiger partial charge in [-0.2, -0.15) is 0 Å². The summed E-state index contributed by atoms with van der Waals surface area (Å²) in [7, 11) is 0. The van der Waals surface area contributed by atoms with E-state index in [0.29, 0.717) is 24.4 Å². The van der Waals surface area contributed by atoms with Gasteiger partial charge in [0.1, 0.15) is 5.76 Å². The smallest absolute Gasteiger partial charge is 0.223 e. The van der Waals surface area contributed by atoms with E-state index in [2.05, 4.69) is 11.8 Å². The average molecular weight is 275 g/mol. The molecule has 3 heteroatoms. The van der Waals surface area contributed by atoms with E-state index in [1.54, 1.807) is 6.26 Å². The number of hydrogen-bond acceptors (Lipinski definition) is 2. The summed E-state index contributed by atoms with van der Waals surface area (Å²) in [6.45, 7) is 2.33. The minimum Gasteiger partial charge on any atom is -0.469 e. The Kier molecular flexibility index (Phi) is 4.13. The Morgan fingerprint density at radius 2 is 1.85 bits per heavy atom. The average Bonchev–Trinajstić information content (AvgIpc) is 3.14. The lowest BCUT2D eigenvalue weighted by atomic mass is 9.86. The molecule has 2 saturated carbocycles. The molecular weight excluding hydrogens is 250 g/mol. The number of furan rings is 1. The molecule has 2 aliphatic rings. The molecule has 2 aliphatic carbocycles. The van der Waals surface area contributed by atoms with Crippen molar-refractivity contribution in [2.75, 3.05) is 0 Å². The van der Waals surface area contributed by atoms with E-state index >= 15 is 0 Å². The maximum absolute atomic E-state index is 12.6. The van der Waals surface area contributed by atoms with Crippen molar-refractivity contribution in [1.82, 2.24) is 4.90 Å². The van der Waals surface area contributed by atoms with Gasteiger partial charge < -0.3 is 9.32 Å². The van der Waals surface area contributed by atoms with Gasteiger partial charge in [0, 0.05) is 24.9 Å². The first-order valence-corrected chi connectivity index (χ1v) is 8.07. The number of nitrogens with zero attached hydrogens (tertiary/aromatic N) is 1. The minimum absolute atomic E-state index is 0.337.